The Bertz CT molecular complexity index is 580. The molecule has 0 saturated heterocycles. The summed E-state index contributed by atoms with van der Waals surface area (Å²) in [6.45, 7) is 1.03. The second-order valence-corrected chi connectivity index (χ2v) is 5.75. The molecule has 0 radical (unpaired) electrons. The van der Waals surface area contributed by atoms with Crippen LogP contribution < -0.4 is 0 Å². The number of methoxy groups -OCH3 is 1. The van der Waals surface area contributed by atoms with Gasteiger partial charge in [0.05, 0.1) is 5.56 Å². The van der Waals surface area contributed by atoms with Gasteiger partial charge in [-0.1, -0.05) is 12.1 Å². The zero-order valence-corrected chi connectivity index (χ0v) is 12.0. The second kappa shape index (κ2) is 5.48. The first-order valence-corrected chi connectivity index (χ1v) is 7.27. The van der Waals surface area contributed by atoms with Gasteiger partial charge in [0.1, 0.15) is 6.10 Å². The van der Waals surface area contributed by atoms with Crippen LogP contribution >= 0.6 is 0 Å². The SMILES string of the molecule is COC(C(=O)N1CCc2c(cccc2C(=O)O)C1)C1CC1. The van der Waals surface area contributed by atoms with Gasteiger partial charge in [0.15, 0.2) is 0 Å². The van der Waals surface area contributed by atoms with Crippen LogP contribution in [-0.4, -0.2) is 41.6 Å². The van der Waals surface area contributed by atoms with Gasteiger partial charge < -0.3 is 14.7 Å². The lowest BCUT2D eigenvalue weighted by Crippen LogP contribution is -2.44. The van der Waals surface area contributed by atoms with E-state index in [1.807, 2.05) is 6.07 Å². The molecule has 1 aliphatic carbocycles. The van der Waals surface area contributed by atoms with Crippen molar-refractivity contribution in [3.63, 3.8) is 0 Å². The number of carbonyl (C=O) groups excluding carboxylic acids is 1. The Hall–Kier alpha value is -1.88. The molecule has 1 aliphatic heterocycles. The minimum absolute atomic E-state index is 0.0337. The van der Waals surface area contributed by atoms with E-state index in [9.17, 15) is 14.7 Å². The van der Waals surface area contributed by atoms with E-state index in [1.165, 1.54) is 0 Å². The molecule has 1 aromatic carbocycles. The minimum Gasteiger partial charge on any atom is -0.478 e. The Balaban J connectivity index is 1.80. The average molecular weight is 289 g/mol. The van der Waals surface area contributed by atoms with Crippen LogP contribution in [0.15, 0.2) is 18.2 Å². The van der Waals surface area contributed by atoms with Crippen LogP contribution in [0.5, 0.6) is 0 Å². The number of amides is 1. The highest BCUT2D eigenvalue weighted by Crippen LogP contribution is 2.35. The van der Waals surface area contributed by atoms with Gasteiger partial charge in [-0.15, -0.1) is 0 Å². The number of ether oxygens (including phenoxy) is 1. The van der Waals surface area contributed by atoms with Crippen LogP contribution in [0.2, 0.25) is 0 Å². The van der Waals surface area contributed by atoms with E-state index in [0.29, 0.717) is 31.0 Å². The predicted molar refractivity (Wildman–Crippen MR) is 76.0 cm³/mol. The first-order valence-electron chi connectivity index (χ1n) is 7.27. The summed E-state index contributed by atoms with van der Waals surface area (Å²) in [5, 5.41) is 9.22. The van der Waals surface area contributed by atoms with E-state index < -0.39 is 5.97 Å². The number of carbonyl (C=O) groups is 2. The van der Waals surface area contributed by atoms with E-state index in [2.05, 4.69) is 0 Å². The molecule has 1 unspecified atom stereocenters. The highest BCUT2D eigenvalue weighted by Gasteiger charge is 2.39. The topological polar surface area (TPSA) is 66.8 Å². The van der Waals surface area contributed by atoms with Gasteiger partial charge in [0.2, 0.25) is 0 Å². The van der Waals surface area contributed by atoms with E-state index in [0.717, 1.165) is 24.0 Å². The van der Waals surface area contributed by atoms with Gasteiger partial charge in [0.25, 0.3) is 5.91 Å². The van der Waals surface area contributed by atoms with Crippen molar-refractivity contribution < 1.29 is 19.4 Å². The van der Waals surface area contributed by atoms with Crippen molar-refractivity contribution in [3.8, 4) is 0 Å². The molecule has 21 heavy (non-hydrogen) atoms. The summed E-state index contributed by atoms with van der Waals surface area (Å²) in [6.07, 6.45) is 2.36. The van der Waals surface area contributed by atoms with Crippen LogP contribution in [0.1, 0.15) is 34.3 Å². The first kappa shape index (κ1) is 14.1. The fourth-order valence-electron chi connectivity index (χ4n) is 3.07. The molecule has 0 spiro atoms. The van der Waals surface area contributed by atoms with Gasteiger partial charge >= 0.3 is 5.97 Å². The Morgan fingerprint density at radius 2 is 2.14 bits per heavy atom. The van der Waals surface area contributed by atoms with Crippen molar-refractivity contribution in [2.75, 3.05) is 13.7 Å². The monoisotopic (exact) mass is 289 g/mol. The number of carboxylic acids is 1. The van der Waals surface area contributed by atoms with Crippen LogP contribution in [0, 0.1) is 5.92 Å². The summed E-state index contributed by atoms with van der Waals surface area (Å²) in [7, 11) is 1.58. The number of aromatic carboxylic acids is 1. The predicted octanol–water partition coefficient (Wildman–Crippen LogP) is 1.69. The molecule has 3 rings (SSSR count). The molecular weight excluding hydrogens is 270 g/mol. The third-order valence-corrected chi connectivity index (χ3v) is 4.36. The van der Waals surface area contributed by atoms with Crippen LogP contribution in [0.25, 0.3) is 0 Å². The molecule has 1 heterocycles. The minimum atomic E-state index is -0.903. The third-order valence-electron chi connectivity index (χ3n) is 4.36. The Labute approximate surface area is 123 Å². The van der Waals surface area contributed by atoms with Crippen molar-refractivity contribution in [1.29, 1.82) is 0 Å². The molecule has 1 aromatic rings. The maximum Gasteiger partial charge on any atom is 0.335 e. The largest absolute Gasteiger partial charge is 0.478 e. The molecule has 1 amide bonds. The van der Waals surface area contributed by atoms with Gasteiger partial charge in [-0.3, -0.25) is 4.79 Å². The van der Waals surface area contributed by atoms with Crippen LogP contribution in [0.4, 0.5) is 0 Å². The lowest BCUT2D eigenvalue weighted by atomic mass is 9.94. The van der Waals surface area contributed by atoms with Crippen molar-refractivity contribution in [2.24, 2.45) is 5.92 Å². The fraction of sp³-hybridized carbons (Fsp3) is 0.500. The molecule has 5 nitrogen and oxygen atoms in total. The average Bonchev–Trinajstić information content (AvgIpc) is 3.31. The quantitative estimate of drug-likeness (QED) is 0.916. The normalized spacial score (nSPS) is 19.0. The summed E-state index contributed by atoms with van der Waals surface area (Å²) in [5.41, 5.74) is 2.14. The molecule has 5 heteroatoms. The van der Waals surface area contributed by atoms with Gasteiger partial charge in [-0.05, 0) is 42.4 Å². The van der Waals surface area contributed by atoms with Crippen molar-refractivity contribution in [1.82, 2.24) is 4.90 Å². The van der Waals surface area contributed by atoms with E-state index >= 15 is 0 Å². The Kier molecular flexibility index (Phi) is 3.68. The zero-order valence-electron chi connectivity index (χ0n) is 12.0. The number of hydrogen-bond donors (Lipinski definition) is 1. The third kappa shape index (κ3) is 2.65. The van der Waals surface area contributed by atoms with Gasteiger partial charge in [-0.2, -0.15) is 0 Å². The molecule has 0 aromatic heterocycles. The molecule has 1 fully saturated rings. The number of hydrogen-bond acceptors (Lipinski definition) is 3. The smallest absolute Gasteiger partial charge is 0.335 e. The number of nitrogens with zero attached hydrogens (tertiary/aromatic N) is 1. The van der Waals surface area contributed by atoms with Crippen LogP contribution in [-0.2, 0) is 22.5 Å². The summed E-state index contributed by atoms with van der Waals surface area (Å²) in [5.74, 6) is -0.514. The first-order chi connectivity index (χ1) is 10.1. The van der Waals surface area contributed by atoms with Gasteiger partial charge in [0, 0.05) is 20.2 Å². The number of benzene rings is 1. The zero-order chi connectivity index (χ0) is 15.0. The number of fused-ring (bicyclic) bond motifs is 1. The lowest BCUT2D eigenvalue weighted by molar-refractivity contribution is -0.144. The molecule has 1 N–H and O–H groups in total. The Morgan fingerprint density at radius 1 is 1.38 bits per heavy atom. The second-order valence-electron chi connectivity index (χ2n) is 5.75. The molecule has 1 saturated carbocycles. The van der Waals surface area contributed by atoms with Crippen molar-refractivity contribution in [2.45, 2.75) is 31.9 Å². The summed E-state index contributed by atoms with van der Waals surface area (Å²) in [4.78, 5) is 25.6. The van der Waals surface area contributed by atoms with E-state index in [4.69, 9.17) is 4.74 Å². The summed E-state index contributed by atoms with van der Waals surface area (Å²) in [6, 6.07) is 5.27. The highest BCUT2D eigenvalue weighted by molar-refractivity contribution is 5.90. The fourth-order valence-corrected chi connectivity index (χ4v) is 3.07. The van der Waals surface area contributed by atoms with E-state index in [1.54, 1.807) is 24.1 Å². The van der Waals surface area contributed by atoms with E-state index in [-0.39, 0.29) is 12.0 Å². The van der Waals surface area contributed by atoms with Crippen molar-refractivity contribution >= 4 is 11.9 Å². The molecular formula is C16H19NO4. The lowest BCUT2D eigenvalue weighted by Gasteiger charge is -2.32. The number of rotatable bonds is 4. The van der Waals surface area contributed by atoms with Gasteiger partial charge in [-0.25, -0.2) is 4.79 Å². The summed E-state index contributed by atoms with van der Waals surface area (Å²) < 4.78 is 5.35. The standard InChI is InChI=1S/C16H19NO4/c1-21-14(10-5-6-10)15(18)17-8-7-12-11(9-17)3-2-4-13(12)16(19)20/h2-4,10,14H,5-9H2,1H3,(H,19,20). The van der Waals surface area contributed by atoms with Crippen molar-refractivity contribution in [3.05, 3.63) is 34.9 Å². The summed E-state index contributed by atoms with van der Waals surface area (Å²) >= 11 is 0. The highest BCUT2D eigenvalue weighted by atomic mass is 16.5. The maximum absolute atomic E-state index is 12.5. The molecule has 112 valence electrons. The van der Waals surface area contributed by atoms with Crippen LogP contribution in [0.3, 0.4) is 0 Å². The molecule has 1 atom stereocenters. The molecule has 0 bridgehead atoms. The number of carboxylic acid groups (broad SMARTS) is 1. The Morgan fingerprint density at radius 3 is 2.76 bits per heavy atom. The maximum atomic E-state index is 12.5. The molecule has 2 aliphatic rings.